The fourth-order valence-corrected chi connectivity index (χ4v) is 15.0. The van der Waals surface area contributed by atoms with Crippen molar-refractivity contribution in [1.29, 1.82) is 0 Å². The van der Waals surface area contributed by atoms with Gasteiger partial charge in [0.25, 0.3) is 0 Å². The van der Waals surface area contributed by atoms with E-state index in [2.05, 4.69) is 85.2 Å². The summed E-state index contributed by atoms with van der Waals surface area (Å²) >= 11 is 0. The minimum atomic E-state index is -1.83. The van der Waals surface area contributed by atoms with Crippen LogP contribution < -0.4 is 21.7 Å². The van der Waals surface area contributed by atoms with Crippen LogP contribution in [-0.4, -0.2) is 111 Å². The maximum Gasteiger partial charge on any atom is 0.407 e. The molecule has 79 heavy (non-hydrogen) atoms. The normalized spacial score (nSPS) is 17.0. The van der Waals surface area contributed by atoms with Gasteiger partial charge in [-0.1, -0.05) is 168 Å². The van der Waals surface area contributed by atoms with Crippen LogP contribution in [0.25, 0.3) is 0 Å². The number of alkyl carbamates (subject to hydrolysis) is 1. The Morgan fingerprint density at radius 3 is 1.91 bits per heavy atom. The van der Waals surface area contributed by atoms with Crippen molar-refractivity contribution < 1.29 is 43.0 Å². The van der Waals surface area contributed by atoms with Gasteiger partial charge < -0.3 is 40.8 Å². The third-order valence-electron chi connectivity index (χ3n) is 15.8. The lowest BCUT2D eigenvalue weighted by Gasteiger charge is -2.32. The Bertz CT molecular complexity index is 2170. The van der Waals surface area contributed by atoms with Gasteiger partial charge in [-0.15, -0.1) is 0 Å². The quantitative estimate of drug-likeness (QED) is 0.0303. The Balaban J connectivity index is 1.73. The molecule has 5 N–H and O–H groups in total. The van der Waals surface area contributed by atoms with Crippen LogP contribution in [0.4, 0.5) is 4.79 Å². The number of ether oxygens (including phenoxy) is 3. The average molecular weight is 1120 g/mol. The minimum absolute atomic E-state index is 0.157. The number of nitrogens with two attached hydrogens (primary N) is 1. The molecule has 4 amide bonds. The van der Waals surface area contributed by atoms with Crippen molar-refractivity contribution in [2.75, 3.05) is 32.9 Å². The summed E-state index contributed by atoms with van der Waals surface area (Å²) in [7, 11) is -1.83. The van der Waals surface area contributed by atoms with Crippen molar-refractivity contribution in [3.63, 3.8) is 0 Å². The fourth-order valence-electron chi connectivity index (χ4n) is 11.4. The van der Waals surface area contributed by atoms with Gasteiger partial charge in [-0.25, -0.2) is 4.79 Å². The van der Waals surface area contributed by atoms with E-state index in [9.17, 15) is 28.8 Å². The van der Waals surface area contributed by atoms with E-state index in [0.29, 0.717) is 36.0 Å². The first-order valence-electron chi connectivity index (χ1n) is 29.9. The zero-order valence-electron chi connectivity index (χ0n) is 51.6. The second-order valence-corrected chi connectivity index (χ2v) is 32.4. The summed E-state index contributed by atoms with van der Waals surface area (Å²) in [5, 5.41) is 8.27. The number of benzene rings is 2. The van der Waals surface area contributed by atoms with Crippen LogP contribution in [-0.2, 0) is 51.0 Å². The number of nitrogens with zero attached hydrogens (tertiary/aromatic N) is 1. The Kier molecular flexibility index (Phi) is 28.5. The molecule has 446 valence electrons. The molecule has 2 aromatic rings. The monoisotopic (exact) mass is 1120 g/mol. The highest BCUT2D eigenvalue weighted by atomic mass is 28.3. The number of ketones is 1. The van der Waals surface area contributed by atoms with Gasteiger partial charge >= 0.3 is 12.1 Å². The summed E-state index contributed by atoms with van der Waals surface area (Å²) in [6.45, 7) is 33.9. The summed E-state index contributed by atoms with van der Waals surface area (Å²) in [5.41, 5.74) is 7.71. The molecule has 2 aromatic carbocycles. The molecule has 0 aliphatic carbocycles. The van der Waals surface area contributed by atoms with Crippen molar-refractivity contribution in [1.82, 2.24) is 20.9 Å². The van der Waals surface area contributed by atoms with Gasteiger partial charge in [0.1, 0.15) is 23.7 Å². The number of amides is 4. The molecule has 4 unspecified atom stereocenters. The predicted molar refractivity (Wildman–Crippen MR) is 321 cm³/mol. The molecule has 8 atom stereocenters. The molecule has 14 nitrogen and oxygen atoms in total. The Morgan fingerprint density at radius 1 is 0.759 bits per heavy atom. The van der Waals surface area contributed by atoms with Crippen LogP contribution in [0.2, 0.25) is 24.2 Å². The van der Waals surface area contributed by atoms with Gasteiger partial charge in [-0.05, 0) is 124 Å². The second kappa shape index (κ2) is 32.7. The molecule has 1 fully saturated rings. The third kappa shape index (κ3) is 25.8. The first-order valence-corrected chi connectivity index (χ1v) is 32.8. The smallest absolute Gasteiger partial charge is 0.407 e. The van der Waals surface area contributed by atoms with Crippen LogP contribution in [0, 0.1) is 40.4 Å². The molecule has 1 saturated heterocycles. The topological polar surface area (TPSA) is 195 Å². The molecule has 0 saturated carbocycles. The first-order chi connectivity index (χ1) is 36.9. The molecule has 0 spiro atoms. The van der Waals surface area contributed by atoms with E-state index in [0.717, 1.165) is 54.9 Å². The summed E-state index contributed by atoms with van der Waals surface area (Å²) in [6, 6.07) is 19.0. The second-order valence-electron chi connectivity index (χ2n) is 27.0. The van der Waals surface area contributed by atoms with Crippen molar-refractivity contribution in [3.8, 4) is 0 Å². The van der Waals surface area contributed by atoms with Gasteiger partial charge in [0, 0.05) is 32.7 Å². The van der Waals surface area contributed by atoms with Gasteiger partial charge in [0.15, 0.2) is 5.78 Å². The largest absolute Gasteiger partial charge is 0.466 e. The number of hydrogen-bond acceptors (Lipinski definition) is 10. The van der Waals surface area contributed by atoms with Crippen LogP contribution in [0.3, 0.4) is 0 Å². The van der Waals surface area contributed by atoms with Crippen LogP contribution in [0.15, 0.2) is 60.7 Å². The number of likely N-dealkylation sites (tertiary alicyclic amines) is 1. The number of rotatable bonds is 33. The average Bonchev–Trinajstić information content (AvgIpc) is 3.89. The van der Waals surface area contributed by atoms with E-state index < -0.39 is 73.5 Å². The van der Waals surface area contributed by atoms with Crippen LogP contribution in [0.1, 0.15) is 166 Å². The summed E-state index contributed by atoms with van der Waals surface area (Å²) in [5.74, 6) is -1.72. The first kappa shape index (κ1) is 68.7. The highest BCUT2D eigenvalue weighted by molar-refractivity contribution is 6.79. The zero-order chi connectivity index (χ0) is 59.1. The number of carbonyl (C=O) groups excluding carboxylic acids is 6. The van der Waals surface area contributed by atoms with Crippen LogP contribution in [0.5, 0.6) is 0 Å². The number of Topliss-reactive ketones (excluding diaryl/α,β-unsaturated/α-hetero) is 1. The maximum atomic E-state index is 14.7. The molecule has 1 aliphatic heterocycles. The van der Waals surface area contributed by atoms with Gasteiger partial charge in [0.05, 0.1) is 26.6 Å². The van der Waals surface area contributed by atoms with Crippen molar-refractivity contribution >= 4 is 43.6 Å². The van der Waals surface area contributed by atoms with Crippen molar-refractivity contribution in [2.45, 2.75) is 222 Å². The Hall–Kier alpha value is -4.60. The lowest BCUT2D eigenvalue weighted by atomic mass is 9.76. The summed E-state index contributed by atoms with van der Waals surface area (Å²) < 4.78 is 18.0. The highest BCUT2D eigenvalue weighted by Gasteiger charge is 2.41. The van der Waals surface area contributed by atoms with E-state index >= 15 is 0 Å². The third-order valence-corrected chi connectivity index (χ3v) is 21.5. The fraction of sp³-hybridized carbons (Fsp3) is 0.719. The zero-order valence-corrected chi connectivity index (χ0v) is 52.6. The van der Waals surface area contributed by atoms with Crippen LogP contribution >= 0.6 is 0 Å². The minimum Gasteiger partial charge on any atom is -0.466 e. The molecular formula is C64H107N5O9Si. The number of esters is 1. The van der Waals surface area contributed by atoms with Gasteiger partial charge in [-0.3, -0.25) is 24.0 Å². The number of hydrogen-bond donors (Lipinski definition) is 4. The lowest BCUT2D eigenvalue weighted by molar-refractivity contribution is -0.150. The van der Waals surface area contributed by atoms with Crippen molar-refractivity contribution in [2.24, 2.45) is 46.2 Å². The van der Waals surface area contributed by atoms with Gasteiger partial charge in [0.2, 0.25) is 17.7 Å². The molecule has 0 bridgehead atoms. The molecule has 0 radical (unpaired) electrons. The van der Waals surface area contributed by atoms with E-state index in [4.69, 9.17) is 19.9 Å². The SMILES string of the molecule is CC[Si](CC)(CCCOCC(CCC(C)CC(C)(C)C)C(C)CC(C)(C)C)CCOC(=O)[C@@H](CC(=O)[C@H](Cc1ccccc1)NC(=O)C1CCCN1C(=O)[C@@H](NC(=O)[C@@H](N)CNC(=O)OC(C)(C)C)C(C)C)Cc1ccccc1. The van der Waals surface area contributed by atoms with Crippen molar-refractivity contribution in [3.05, 3.63) is 71.8 Å². The molecule has 15 heteroatoms. The summed E-state index contributed by atoms with van der Waals surface area (Å²) in [6.07, 6.45) is 6.25. The standard InChI is InChI=1S/C64H107N5O9Si/c1-16-79(17-2,36-25-34-76-44-50(47(6)42-63(10,11)12)32-31-46(5)41-62(7,8)9)37-35-77-60(74)51(38-48-26-20-18-21-27-48)40-55(70)53(39-49-28-22-19-23-29-49)67-58(72)54-30-24-33-69(54)59(73)56(45(3)4)68-57(71)52(65)43-66-61(75)78-64(13,14)15/h18-23,26-29,45-47,50-54,56H,16-17,24-25,30-44,65H2,1-15H3,(H,66,75)(H,67,72)(H,68,71)/t46?,47?,50?,51-,52+,53+,54?,56+/m1/s1. The lowest BCUT2D eigenvalue weighted by Crippen LogP contribution is -2.59. The number of carbonyl (C=O) groups is 6. The Labute approximate surface area is 478 Å². The molecule has 1 heterocycles. The van der Waals surface area contributed by atoms with E-state index in [-0.39, 0.29) is 56.1 Å². The highest BCUT2D eigenvalue weighted by Crippen LogP contribution is 2.35. The van der Waals surface area contributed by atoms with E-state index in [1.807, 2.05) is 60.7 Å². The molecule has 1 aliphatic rings. The maximum absolute atomic E-state index is 14.7. The summed E-state index contributed by atoms with van der Waals surface area (Å²) in [4.78, 5) is 84.7. The predicted octanol–water partition coefficient (Wildman–Crippen LogP) is 11.5. The van der Waals surface area contributed by atoms with E-state index in [1.54, 1.807) is 34.6 Å². The molecule has 0 aromatic heterocycles. The number of nitrogens with one attached hydrogen (secondary N) is 3. The van der Waals surface area contributed by atoms with E-state index in [1.165, 1.54) is 30.6 Å². The Morgan fingerprint density at radius 2 is 1.35 bits per heavy atom. The van der Waals surface area contributed by atoms with Gasteiger partial charge in [-0.2, -0.15) is 0 Å². The molecular weight excluding hydrogens is 1010 g/mol. The molecule has 3 rings (SSSR count).